The Morgan fingerprint density at radius 1 is 1.22 bits per heavy atom. The molecule has 0 atom stereocenters. The molecule has 0 saturated heterocycles. The van der Waals surface area contributed by atoms with Crippen LogP contribution in [0.2, 0.25) is 5.02 Å². The van der Waals surface area contributed by atoms with E-state index in [1.54, 1.807) is 0 Å². The summed E-state index contributed by atoms with van der Waals surface area (Å²) in [6.45, 7) is 3.91. The van der Waals surface area contributed by atoms with Gasteiger partial charge in [-0.2, -0.15) is 0 Å². The smallest absolute Gasteiger partial charge is 0.245 e. The first-order chi connectivity index (χ1) is 12.8. The molecule has 6 nitrogen and oxygen atoms in total. The quantitative estimate of drug-likeness (QED) is 0.463. The van der Waals surface area contributed by atoms with E-state index >= 15 is 0 Å². The molecule has 2 aromatic carbocycles. The molecular formula is C19H20ClN5OS. The number of hydrogen-bond donors (Lipinski definition) is 3. The van der Waals surface area contributed by atoms with Crippen LogP contribution in [-0.4, -0.2) is 20.6 Å². The molecule has 140 valence electrons. The largest absolute Gasteiger partial charge is 0.331 e. The van der Waals surface area contributed by atoms with Gasteiger partial charge in [0.05, 0.1) is 28.2 Å². The van der Waals surface area contributed by atoms with Crippen molar-refractivity contribution in [1.82, 2.24) is 20.4 Å². The van der Waals surface area contributed by atoms with Crippen molar-refractivity contribution in [3.63, 3.8) is 0 Å². The molecule has 0 fully saturated rings. The number of benzene rings is 2. The van der Waals surface area contributed by atoms with Gasteiger partial charge in [0.1, 0.15) is 5.82 Å². The molecular weight excluding hydrogens is 382 g/mol. The second-order valence-electron chi connectivity index (χ2n) is 6.32. The average Bonchev–Trinajstić information content (AvgIpc) is 2.92. The molecule has 0 aliphatic rings. The highest BCUT2D eigenvalue weighted by Gasteiger charge is 2.12. The first-order valence-electron chi connectivity index (χ1n) is 8.38. The molecule has 0 unspecified atom stereocenters. The molecule has 0 bridgehead atoms. The van der Waals surface area contributed by atoms with Crippen LogP contribution in [0.1, 0.15) is 17.0 Å². The Labute approximate surface area is 167 Å². The molecule has 0 radical (unpaired) electrons. The standard InChI is InChI=1S/C19H20ClN5OS/c1-11-8-12(2)18(13(20)9-11)22-19(27)24-23-17(26)10-16-21-14-6-4-5-7-15(14)25(16)3/h4-9H,10H2,1-3H3,(H,23,26)(H2,22,24,27). The summed E-state index contributed by atoms with van der Waals surface area (Å²) in [7, 11) is 1.89. The lowest BCUT2D eigenvalue weighted by molar-refractivity contribution is -0.121. The van der Waals surface area contributed by atoms with Gasteiger partial charge in [0, 0.05) is 7.05 Å². The number of carbonyl (C=O) groups excluding carboxylic acids is 1. The van der Waals surface area contributed by atoms with Crippen molar-refractivity contribution in [3.05, 3.63) is 58.4 Å². The van der Waals surface area contributed by atoms with Crippen LogP contribution in [0.4, 0.5) is 5.69 Å². The van der Waals surface area contributed by atoms with Crippen LogP contribution in [-0.2, 0) is 18.3 Å². The van der Waals surface area contributed by atoms with Crippen LogP contribution in [0, 0.1) is 13.8 Å². The summed E-state index contributed by atoms with van der Waals surface area (Å²) < 4.78 is 1.90. The molecule has 3 N–H and O–H groups in total. The van der Waals surface area contributed by atoms with Gasteiger partial charge in [0.2, 0.25) is 5.91 Å². The van der Waals surface area contributed by atoms with Crippen molar-refractivity contribution in [2.75, 3.05) is 5.32 Å². The van der Waals surface area contributed by atoms with Crippen molar-refractivity contribution in [3.8, 4) is 0 Å². The van der Waals surface area contributed by atoms with Gasteiger partial charge in [0.25, 0.3) is 0 Å². The van der Waals surface area contributed by atoms with E-state index in [1.807, 2.05) is 61.9 Å². The lowest BCUT2D eigenvalue weighted by Gasteiger charge is -2.15. The van der Waals surface area contributed by atoms with Gasteiger partial charge in [0.15, 0.2) is 5.11 Å². The molecule has 1 heterocycles. The lowest BCUT2D eigenvalue weighted by atomic mass is 10.1. The van der Waals surface area contributed by atoms with E-state index in [4.69, 9.17) is 23.8 Å². The molecule has 0 aliphatic carbocycles. The summed E-state index contributed by atoms with van der Waals surface area (Å²) in [6, 6.07) is 11.6. The third-order valence-electron chi connectivity index (χ3n) is 4.18. The lowest BCUT2D eigenvalue weighted by Crippen LogP contribution is -2.44. The number of fused-ring (bicyclic) bond motifs is 1. The summed E-state index contributed by atoms with van der Waals surface area (Å²) in [5.74, 6) is 0.427. The number of para-hydroxylation sites is 2. The van der Waals surface area contributed by atoms with E-state index in [0.717, 1.165) is 22.2 Å². The molecule has 8 heteroatoms. The van der Waals surface area contributed by atoms with Crippen molar-refractivity contribution >= 4 is 51.6 Å². The first-order valence-corrected chi connectivity index (χ1v) is 9.16. The first kappa shape index (κ1) is 19.1. The third-order valence-corrected chi connectivity index (χ3v) is 4.69. The Morgan fingerprint density at radius 3 is 2.67 bits per heavy atom. The minimum Gasteiger partial charge on any atom is -0.331 e. The van der Waals surface area contributed by atoms with E-state index in [2.05, 4.69) is 21.2 Å². The van der Waals surface area contributed by atoms with Crippen molar-refractivity contribution in [2.45, 2.75) is 20.3 Å². The summed E-state index contributed by atoms with van der Waals surface area (Å²) in [5, 5.41) is 3.83. The number of nitrogens with zero attached hydrogens (tertiary/aromatic N) is 2. The molecule has 0 saturated carbocycles. The molecule has 27 heavy (non-hydrogen) atoms. The predicted molar refractivity (Wildman–Crippen MR) is 113 cm³/mol. The zero-order valence-electron chi connectivity index (χ0n) is 15.3. The van der Waals surface area contributed by atoms with Gasteiger partial charge in [-0.05, 0) is 55.4 Å². The van der Waals surface area contributed by atoms with E-state index in [-0.39, 0.29) is 17.4 Å². The van der Waals surface area contributed by atoms with E-state index in [9.17, 15) is 4.79 Å². The Balaban J connectivity index is 1.59. The van der Waals surface area contributed by atoms with E-state index < -0.39 is 0 Å². The second-order valence-corrected chi connectivity index (χ2v) is 7.13. The zero-order chi connectivity index (χ0) is 19.6. The zero-order valence-corrected chi connectivity index (χ0v) is 16.8. The second kappa shape index (κ2) is 7.94. The molecule has 0 spiro atoms. The van der Waals surface area contributed by atoms with Crippen molar-refractivity contribution in [1.29, 1.82) is 0 Å². The number of rotatable bonds is 3. The number of nitrogens with one attached hydrogen (secondary N) is 3. The van der Waals surface area contributed by atoms with Crippen molar-refractivity contribution < 1.29 is 4.79 Å². The van der Waals surface area contributed by atoms with Crippen LogP contribution < -0.4 is 16.2 Å². The number of hydrogen-bond acceptors (Lipinski definition) is 3. The van der Waals surface area contributed by atoms with Crippen LogP contribution in [0.5, 0.6) is 0 Å². The van der Waals surface area contributed by atoms with Crippen molar-refractivity contribution in [2.24, 2.45) is 7.05 Å². The highest BCUT2D eigenvalue weighted by Crippen LogP contribution is 2.27. The fraction of sp³-hybridized carbons (Fsp3) is 0.211. The number of thiocarbonyl (C=S) groups is 1. The fourth-order valence-electron chi connectivity index (χ4n) is 2.89. The summed E-state index contributed by atoms with van der Waals surface area (Å²) >= 11 is 11.5. The number of imidazole rings is 1. The molecule has 1 aromatic heterocycles. The maximum Gasteiger partial charge on any atom is 0.245 e. The number of aromatic nitrogens is 2. The van der Waals surface area contributed by atoms with E-state index in [1.165, 1.54) is 0 Å². The number of hydrazine groups is 1. The van der Waals surface area contributed by atoms with Gasteiger partial charge in [-0.3, -0.25) is 15.6 Å². The number of anilines is 1. The van der Waals surface area contributed by atoms with E-state index in [0.29, 0.717) is 16.5 Å². The summed E-state index contributed by atoms with van der Waals surface area (Å²) in [4.78, 5) is 16.7. The van der Waals surface area contributed by atoms with Crippen LogP contribution in [0.3, 0.4) is 0 Å². The number of aryl methyl sites for hydroxylation is 3. The van der Waals surface area contributed by atoms with Gasteiger partial charge in [-0.25, -0.2) is 4.98 Å². The van der Waals surface area contributed by atoms with Gasteiger partial charge in [-0.1, -0.05) is 29.8 Å². The molecule has 0 aliphatic heterocycles. The summed E-state index contributed by atoms with van der Waals surface area (Å²) in [6.07, 6.45) is 0.130. The maximum absolute atomic E-state index is 12.2. The highest BCUT2D eigenvalue weighted by atomic mass is 35.5. The Morgan fingerprint density at radius 2 is 1.96 bits per heavy atom. The van der Waals surface area contributed by atoms with Gasteiger partial charge >= 0.3 is 0 Å². The molecule has 1 amide bonds. The van der Waals surface area contributed by atoms with Gasteiger partial charge in [-0.15, -0.1) is 0 Å². The number of halogens is 1. The third kappa shape index (κ3) is 4.37. The molecule has 3 rings (SSSR count). The number of amides is 1. The van der Waals surface area contributed by atoms with Crippen LogP contribution >= 0.6 is 23.8 Å². The van der Waals surface area contributed by atoms with Crippen LogP contribution in [0.25, 0.3) is 11.0 Å². The Hall–Kier alpha value is -2.64. The fourth-order valence-corrected chi connectivity index (χ4v) is 3.41. The predicted octanol–water partition coefficient (Wildman–Crippen LogP) is 3.40. The minimum atomic E-state index is -0.246. The Kier molecular flexibility index (Phi) is 5.62. The number of carbonyl (C=O) groups is 1. The normalized spacial score (nSPS) is 10.7. The highest BCUT2D eigenvalue weighted by molar-refractivity contribution is 7.80. The molecule has 3 aromatic rings. The SMILES string of the molecule is Cc1cc(C)c(NC(=S)NNC(=O)Cc2nc3ccccc3n2C)c(Cl)c1. The monoisotopic (exact) mass is 401 g/mol. The topological polar surface area (TPSA) is 71.0 Å². The Bertz CT molecular complexity index is 1010. The average molecular weight is 402 g/mol. The summed E-state index contributed by atoms with van der Waals surface area (Å²) in [5.41, 5.74) is 9.87. The maximum atomic E-state index is 12.2. The van der Waals surface area contributed by atoms with Crippen LogP contribution in [0.15, 0.2) is 36.4 Å². The minimum absolute atomic E-state index is 0.130. The van der Waals surface area contributed by atoms with Gasteiger partial charge < -0.3 is 9.88 Å².